The average Bonchev–Trinajstić information content (AvgIpc) is 3.34. The van der Waals surface area contributed by atoms with Gasteiger partial charge in [0.25, 0.3) is 0 Å². The third-order valence-electron chi connectivity index (χ3n) is 5.12. The van der Waals surface area contributed by atoms with Crippen molar-refractivity contribution in [3.8, 4) is 6.07 Å². The monoisotopic (exact) mass is 371 g/mol. The summed E-state index contributed by atoms with van der Waals surface area (Å²) in [7, 11) is 0. The number of rotatable bonds is 2. The molecule has 5 heterocycles. The normalized spacial score (nSPS) is 16.1. The number of hydrogen-bond donors (Lipinski definition) is 2. The summed E-state index contributed by atoms with van der Waals surface area (Å²) in [6.07, 6.45) is 6.02. The molecule has 1 atom stereocenters. The summed E-state index contributed by atoms with van der Waals surface area (Å²) in [6.45, 7) is 2.76. The fourth-order valence-corrected chi connectivity index (χ4v) is 3.75. The number of anilines is 2. The highest BCUT2D eigenvalue weighted by Crippen LogP contribution is 2.36. The molecule has 3 N–H and O–H groups in total. The fraction of sp³-hybridized carbons (Fsp3) is 0.211. The van der Waals surface area contributed by atoms with Crippen LogP contribution in [0.2, 0.25) is 0 Å². The highest BCUT2D eigenvalue weighted by Gasteiger charge is 2.34. The van der Waals surface area contributed by atoms with E-state index in [1.54, 1.807) is 12.5 Å². The number of hydrogen-bond acceptors (Lipinski definition) is 7. The molecular formula is C19H17N9. The molecule has 0 unspecified atom stereocenters. The second kappa shape index (κ2) is 6.06. The SMILES string of the molecule is Cc1cccn2nc([C@H]3c4nc[nH]c4CCN3c3cnc(C#N)c(N)n3)cc12. The van der Waals surface area contributed by atoms with E-state index in [1.807, 2.05) is 22.8 Å². The van der Waals surface area contributed by atoms with E-state index in [4.69, 9.17) is 16.1 Å². The van der Waals surface area contributed by atoms with Gasteiger partial charge in [0, 0.05) is 24.9 Å². The number of aromatic amines is 1. The predicted molar refractivity (Wildman–Crippen MR) is 103 cm³/mol. The zero-order chi connectivity index (χ0) is 19.3. The minimum Gasteiger partial charge on any atom is -0.381 e. The van der Waals surface area contributed by atoms with Crippen LogP contribution in [0.25, 0.3) is 5.52 Å². The van der Waals surface area contributed by atoms with Gasteiger partial charge in [-0.25, -0.2) is 19.5 Å². The van der Waals surface area contributed by atoms with Crippen molar-refractivity contribution in [1.29, 1.82) is 5.26 Å². The third kappa shape index (κ3) is 2.39. The van der Waals surface area contributed by atoms with Gasteiger partial charge in [-0.3, -0.25) is 0 Å². The maximum atomic E-state index is 9.09. The van der Waals surface area contributed by atoms with E-state index in [9.17, 15) is 0 Å². The van der Waals surface area contributed by atoms with Crippen molar-refractivity contribution in [3.63, 3.8) is 0 Å². The molecule has 9 heteroatoms. The van der Waals surface area contributed by atoms with Gasteiger partial charge in [0.1, 0.15) is 12.1 Å². The summed E-state index contributed by atoms with van der Waals surface area (Å²) >= 11 is 0. The number of aryl methyl sites for hydroxylation is 1. The number of pyridine rings is 1. The first-order valence-corrected chi connectivity index (χ1v) is 8.92. The minimum absolute atomic E-state index is 0.123. The molecule has 28 heavy (non-hydrogen) atoms. The first kappa shape index (κ1) is 16.3. The molecule has 9 nitrogen and oxygen atoms in total. The molecule has 138 valence electrons. The van der Waals surface area contributed by atoms with Gasteiger partial charge in [-0.2, -0.15) is 10.4 Å². The van der Waals surface area contributed by atoms with Crippen LogP contribution in [0, 0.1) is 18.3 Å². The number of fused-ring (bicyclic) bond motifs is 2. The van der Waals surface area contributed by atoms with E-state index in [2.05, 4.69) is 43.9 Å². The van der Waals surface area contributed by atoms with Gasteiger partial charge < -0.3 is 15.6 Å². The third-order valence-corrected chi connectivity index (χ3v) is 5.12. The van der Waals surface area contributed by atoms with Gasteiger partial charge in [0.05, 0.1) is 29.4 Å². The standard InChI is InChI=1S/C19H17N9/c1-11-3-2-5-28-15(11)7-13(26-28)18-17-12(23-10-24-17)4-6-27(18)16-9-22-14(8-20)19(21)25-16/h2-3,5,7,9-10,18H,4,6H2,1H3,(H2,21,25)(H,23,24)/t18-/m0/s1. The van der Waals surface area contributed by atoms with Crippen molar-refractivity contribution in [1.82, 2.24) is 29.5 Å². The van der Waals surface area contributed by atoms with Gasteiger partial charge >= 0.3 is 0 Å². The van der Waals surface area contributed by atoms with Crippen LogP contribution >= 0.6 is 0 Å². The summed E-state index contributed by atoms with van der Waals surface area (Å²) in [6, 6.07) is 7.85. The zero-order valence-corrected chi connectivity index (χ0v) is 15.2. The molecule has 0 saturated carbocycles. The molecule has 5 rings (SSSR count). The van der Waals surface area contributed by atoms with Crippen LogP contribution in [0.4, 0.5) is 11.6 Å². The lowest BCUT2D eigenvalue weighted by Crippen LogP contribution is -2.37. The Bertz CT molecular complexity index is 1230. The number of nitrogens with two attached hydrogens (primary N) is 1. The second-order valence-electron chi connectivity index (χ2n) is 6.78. The van der Waals surface area contributed by atoms with Crippen LogP contribution in [0.1, 0.15) is 34.4 Å². The van der Waals surface area contributed by atoms with E-state index in [0.29, 0.717) is 12.4 Å². The van der Waals surface area contributed by atoms with E-state index in [-0.39, 0.29) is 17.6 Å². The van der Waals surface area contributed by atoms with Crippen molar-refractivity contribution in [2.75, 3.05) is 17.2 Å². The molecule has 1 aliphatic heterocycles. The molecule has 0 saturated heterocycles. The molecule has 0 amide bonds. The highest BCUT2D eigenvalue weighted by atomic mass is 15.3. The van der Waals surface area contributed by atoms with Gasteiger partial charge in [-0.15, -0.1) is 0 Å². The number of aromatic nitrogens is 6. The lowest BCUT2D eigenvalue weighted by molar-refractivity contribution is 0.609. The molecule has 0 bridgehead atoms. The van der Waals surface area contributed by atoms with Crippen LogP contribution in [-0.4, -0.2) is 36.1 Å². The number of imidazole rings is 1. The summed E-state index contributed by atoms with van der Waals surface area (Å²) < 4.78 is 1.88. The molecule has 1 aliphatic rings. The van der Waals surface area contributed by atoms with Gasteiger partial charge in [-0.05, 0) is 24.6 Å². The van der Waals surface area contributed by atoms with E-state index in [0.717, 1.165) is 34.6 Å². The van der Waals surface area contributed by atoms with Gasteiger partial charge in [-0.1, -0.05) is 6.07 Å². The molecule has 0 aliphatic carbocycles. The number of H-pyrrole nitrogens is 1. The van der Waals surface area contributed by atoms with Crippen molar-refractivity contribution in [2.24, 2.45) is 0 Å². The number of nitrogen functional groups attached to an aromatic ring is 1. The van der Waals surface area contributed by atoms with Crippen LogP contribution < -0.4 is 10.6 Å². The van der Waals surface area contributed by atoms with Gasteiger partial charge in [0.2, 0.25) is 0 Å². The number of nitrogens with zero attached hydrogens (tertiary/aromatic N) is 7. The average molecular weight is 371 g/mol. The molecule has 0 fully saturated rings. The van der Waals surface area contributed by atoms with Crippen LogP contribution in [0.3, 0.4) is 0 Å². The topological polar surface area (TPSA) is 125 Å². The smallest absolute Gasteiger partial charge is 0.182 e. The van der Waals surface area contributed by atoms with E-state index >= 15 is 0 Å². The molecule has 0 aromatic carbocycles. The number of nitriles is 1. The first-order valence-electron chi connectivity index (χ1n) is 8.92. The van der Waals surface area contributed by atoms with Crippen LogP contribution in [0.5, 0.6) is 0 Å². The van der Waals surface area contributed by atoms with E-state index < -0.39 is 0 Å². The Balaban J connectivity index is 1.67. The molecule has 0 radical (unpaired) electrons. The Morgan fingerprint density at radius 3 is 3.04 bits per heavy atom. The molecule has 0 spiro atoms. The zero-order valence-electron chi connectivity index (χ0n) is 15.2. The summed E-state index contributed by atoms with van der Waals surface area (Å²) in [5.74, 6) is 0.723. The van der Waals surface area contributed by atoms with Crippen LogP contribution in [0.15, 0.2) is 36.9 Å². The quantitative estimate of drug-likeness (QED) is 0.550. The Morgan fingerprint density at radius 1 is 1.36 bits per heavy atom. The Kier molecular flexibility index (Phi) is 3.52. The Labute approximate surface area is 160 Å². The Hall–Kier alpha value is -3.93. The maximum absolute atomic E-state index is 9.09. The van der Waals surface area contributed by atoms with Crippen molar-refractivity contribution in [3.05, 3.63) is 65.3 Å². The largest absolute Gasteiger partial charge is 0.381 e. The summed E-state index contributed by atoms with van der Waals surface area (Å²) in [5.41, 5.74) is 11.1. The second-order valence-corrected chi connectivity index (χ2v) is 6.78. The van der Waals surface area contributed by atoms with Crippen LogP contribution in [-0.2, 0) is 6.42 Å². The summed E-state index contributed by atoms with van der Waals surface area (Å²) in [5, 5.41) is 13.9. The molecule has 4 aromatic rings. The van der Waals surface area contributed by atoms with Crippen molar-refractivity contribution >= 4 is 17.2 Å². The molecular weight excluding hydrogens is 354 g/mol. The van der Waals surface area contributed by atoms with Crippen molar-refractivity contribution < 1.29 is 0 Å². The molecule has 4 aromatic heterocycles. The summed E-state index contributed by atoms with van der Waals surface area (Å²) in [4.78, 5) is 18.5. The van der Waals surface area contributed by atoms with Gasteiger partial charge in [0.15, 0.2) is 17.3 Å². The Morgan fingerprint density at radius 2 is 2.25 bits per heavy atom. The minimum atomic E-state index is -0.226. The number of nitrogens with one attached hydrogen (secondary N) is 1. The van der Waals surface area contributed by atoms with Crippen molar-refractivity contribution in [2.45, 2.75) is 19.4 Å². The lowest BCUT2D eigenvalue weighted by atomic mass is 9.99. The predicted octanol–water partition coefficient (Wildman–Crippen LogP) is 1.76. The maximum Gasteiger partial charge on any atom is 0.182 e. The first-order chi connectivity index (χ1) is 13.7. The van der Waals surface area contributed by atoms with E-state index in [1.165, 1.54) is 0 Å². The lowest BCUT2D eigenvalue weighted by Gasteiger charge is -2.34. The highest BCUT2D eigenvalue weighted by molar-refractivity contribution is 5.58. The fourth-order valence-electron chi connectivity index (χ4n) is 3.75.